The van der Waals surface area contributed by atoms with Gasteiger partial charge in [-0.05, 0) is 48.2 Å². The lowest BCUT2D eigenvalue weighted by Gasteiger charge is -2.21. The largest absolute Gasteiger partial charge is 0.375 e. The highest BCUT2D eigenvalue weighted by atomic mass is 35.5. The molecule has 0 saturated heterocycles. The molecular weight excluding hydrogens is 338 g/mol. The van der Waals surface area contributed by atoms with E-state index < -0.39 is 11.5 Å². The fourth-order valence-electron chi connectivity index (χ4n) is 3.12. The van der Waals surface area contributed by atoms with Crippen LogP contribution >= 0.6 is 11.6 Å². The van der Waals surface area contributed by atoms with Crippen LogP contribution in [0.4, 0.5) is 5.69 Å². The van der Waals surface area contributed by atoms with E-state index in [0.29, 0.717) is 21.8 Å². The first-order valence-electron chi connectivity index (χ1n) is 8.20. The third kappa shape index (κ3) is 3.08. The summed E-state index contributed by atoms with van der Waals surface area (Å²) in [4.78, 5) is 25.2. The molecule has 2 aromatic carbocycles. The van der Waals surface area contributed by atoms with Gasteiger partial charge in [-0.25, -0.2) is 0 Å². The molecule has 2 aromatic rings. The molecule has 0 aromatic heterocycles. The summed E-state index contributed by atoms with van der Waals surface area (Å²) >= 11 is 6.00. The Morgan fingerprint density at radius 2 is 1.96 bits per heavy atom. The smallest absolute Gasteiger partial charge is 0.261 e. The number of hydrogen-bond acceptors (Lipinski definition) is 3. The van der Waals surface area contributed by atoms with Crippen molar-refractivity contribution in [2.75, 3.05) is 5.32 Å². The average Bonchev–Trinajstić information content (AvgIpc) is 2.78. The monoisotopic (exact) mass is 357 g/mol. The van der Waals surface area contributed by atoms with Crippen molar-refractivity contribution in [1.29, 1.82) is 0 Å². The van der Waals surface area contributed by atoms with Crippen LogP contribution in [0, 0.1) is 6.92 Å². The molecule has 5 heteroatoms. The van der Waals surface area contributed by atoms with Crippen molar-refractivity contribution in [2.24, 2.45) is 0 Å². The molecule has 1 amide bonds. The summed E-state index contributed by atoms with van der Waals surface area (Å²) < 4.78 is 0. The number of halogens is 1. The standard InChI is InChI=1S/C20H20ClNO3/c1-11(2)13-5-4-12(3)15(8-13)18(23)10-20(25)16-9-14(21)6-7-17(16)22-19(20)24/h4-9,11,25H,10H2,1-3H3,(H,22,24). The van der Waals surface area contributed by atoms with Crippen molar-refractivity contribution < 1.29 is 14.7 Å². The number of carbonyl (C=O) groups excluding carboxylic acids is 2. The number of Topliss-reactive ketones (excluding diaryl/α,β-unsaturated/α-hetero) is 1. The van der Waals surface area contributed by atoms with Gasteiger partial charge in [0.15, 0.2) is 11.4 Å². The van der Waals surface area contributed by atoms with Crippen LogP contribution in [0.1, 0.15) is 53.2 Å². The van der Waals surface area contributed by atoms with E-state index in [1.165, 1.54) is 6.07 Å². The Balaban J connectivity index is 1.98. The van der Waals surface area contributed by atoms with Gasteiger partial charge in [0, 0.05) is 21.8 Å². The van der Waals surface area contributed by atoms with Gasteiger partial charge in [-0.15, -0.1) is 0 Å². The number of hydrogen-bond donors (Lipinski definition) is 2. The summed E-state index contributed by atoms with van der Waals surface area (Å²) in [5, 5.41) is 14.0. The van der Waals surface area contributed by atoms with Crippen molar-refractivity contribution in [3.05, 3.63) is 63.7 Å². The number of nitrogens with one attached hydrogen (secondary N) is 1. The lowest BCUT2D eigenvalue weighted by atomic mass is 9.86. The number of aliphatic hydroxyl groups is 1. The van der Waals surface area contributed by atoms with Crippen LogP contribution in [0.3, 0.4) is 0 Å². The molecule has 0 spiro atoms. The number of anilines is 1. The third-order valence-electron chi connectivity index (χ3n) is 4.70. The van der Waals surface area contributed by atoms with Gasteiger partial charge >= 0.3 is 0 Å². The van der Waals surface area contributed by atoms with Gasteiger partial charge in [-0.1, -0.05) is 37.6 Å². The molecule has 1 unspecified atom stereocenters. The summed E-state index contributed by atoms with van der Waals surface area (Å²) in [6.07, 6.45) is -0.325. The third-order valence-corrected chi connectivity index (χ3v) is 4.93. The number of rotatable bonds is 4. The predicted octanol–water partition coefficient (Wildman–Crippen LogP) is 4.18. The number of fused-ring (bicyclic) bond motifs is 1. The van der Waals surface area contributed by atoms with E-state index in [2.05, 4.69) is 19.2 Å². The van der Waals surface area contributed by atoms with E-state index in [0.717, 1.165) is 11.1 Å². The quantitative estimate of drug-likeness (QED) is 0.806. The molecule has 0 radical (unpaired) electrons. The van der Waals surface area contributed by atoms with Crippen LogP contribution in [0.5, 0.6) is 0 Å². The van der Waals surface area contributed by atoms with Crippen LogP contribution in [0.2, 0.25) is 5.02 Å². The Morgan fingerprint density at radius 3 is 2.64 bits per heavy atom. The van der Waals surface area contributed by atoms with Crippen LogP contribution in [0.25, 0.3) is 0 Å². The van der Waals surface area contributed by atoms with Gasteiger partial charge in [0.05, 0.1) is 6.42 Å². The molecule has 130 valence electrons. The molecule has 1 aliphatic rings. The molecular formula is C20H20ClNO3. The van der Waals surface area contributed by atoms with Gasteiger partial charge in [-0.3, -0.25) is 9.59 Å². The number of carbonyl (C=O) groups is 2. The predicted molar refractivity (Wildman–Crippen MR) is 98.2 cm³/mol. The van der Waals surface area contributed by atoms with Crippen molar-refractivity contribution >= 4 is 29.0 Å². The fourth-order valence-corrected chi connectivity index (χ4v) is 3.29. The normalized spacial score (nSPS) is 19.0. The SMILES string of the molecule is Cc1ccc(C(C)C)cc1C(=O)CC1(O)C(=O)Nc2ccc(Cl)cc21. The maximum absolute atomic E-state index is 12.9. The molecule has 1 heterocycles. The minimum atomic E-state index is -1.91. The van der Waals surface area contributed by atoms with E-state index >= 15 is 0 Å². The lowest BCUT2D eigenvalue weighted by Crippen LogP contribution is -2.36. The van der Waals surface area contributed by atoms with Crippen molar-refractivity contribution in [2.45, 2.75) is 38.7 Å². The highest BCUT2D eigenvalue weighted by molar-refractivity contribution is 6.31. The lowest BCUT2D eigenvalue weighted by molar-refractivity contribution is -0.133. The molecule has 25 heavy (non-hydrogen) atoms. The minimum absolute atomic E-state index is 0.273. The molecule has 2 N–H and O–H groups in total. The second kappa shape index (κ2) is 6.28. The summed E-state index contributed by atoms with van der Waals surface area (Å²) in [6, 6.07) is 10.5. The Bertz CT molecular complexity index is 875. The van der Waals surface area contributed by atoms with Gasteiger partial charge in [-0.2, -0.15) is 0 Å². The zero-order valence-corrected chi connectivity index (χ0v) is 15.1. The van der Waals surface area contributed by atoms with E-state index in [-0.39, 0.29) is 18.1 Å². The second-order valence-electron chi connectivity index (χ2n) is 6.83. The van der Waals surface area contributed by atoms with E-state index in [1.54, 1.807) is 12.1 Å². The first-order valence-corrected chi connectivity index (χ1v) is 8.58. The van der Waals surface area contributed by atoms with Gasteiger partial charge < -0.3 is 10.4 Å². The maximum Gasteiger partial charge on any atom is 0.261 e. The highest BCUT2D eigenvalue weighted by Gasteiger charge is 2.47. The average molecular weight is 358 g/mol. The van der Waals surface area contributed by atoms with Crippen LogP contribution in [0.15, 0.2) is 36.4 Å². The van der Waals surface area contributed by atoms with Crippen LogP contribution in [-0.4, -0.2) is 16.8 Å². The number of ketones is 1. The molecule has 4 nitrogen and oxygen atoms in total. The molecule has 3 rings (SSSR count). The van der Waals surface area contributed by atoms with E-state index in [4.69, 9.17) is 11.6 Å². The Hall–Kier alpha value is -2.17. The summed E-state index contributed by atoms with van der Waals surface area (Å²) in [7, 11) is 0. The highest BCUT2D eigenvalue weighted by Crippen LogP contribution is 2.40. The topological polar surface area (TPSA) is 66.4 Å². The molecule has 1 aliphatic heterocycles. The summed E-state index contributed by atoms with van der Waals surface area (Å²) in [5.74, 6) is -0.592. The Labute approximate surface area is 151 Å². The number of benzene rings is 2. The van der Waals surface area contributed by atoms with Crippen molar-refractivity contribution in [1.82, 2.24) is 0 Å². The Kier molecular flexibility index (Phi) is 4.43. The zero-order chi connectivity index (χ0) is 18.4. The molecule has 0 bridgehead atoms. The fraction of sp³-hybridized carbons (Fsp3) is 0.300. The minimum Gasteiger partial charge on any atom is -0.375 e. The zero-order valence-electron chi connectivity index (χ0n) is 14.4. The first kappa shape index (κ1) is 17.6. The first-order chi connectivity index (χ1) is 11.7. The Morgan fingerprint density at radius 1 is 1.24 bits per heavy atom. The van der Waals surface area contributed by atoms with E-state index in [9.17, 15) is 14.7 Å². The summed E-state index contributed by atoms with van der Waals surface area (Å²) in [5.41, 5.74) is 1.32. The van der Waals surface area contributed by atoms with E-state index in [1.807, 2.05) is 25.1 Å². The second-order valence-corrected chi connectivity index (χ2v) is 7.27. The van der Waals surface area contributed by atoms with Crippen molar-refractivity contribution in [3.8, 4) is 0 Å². The number of amides is 1. The molecule has 0 aliphatic carbocycles. The maximum atomic E-state index is 12.9. The number of aryl methyl sites for hydroxylation is 1. The molecule has 1 atom stereocenters. The van der Waals surface area contributed by atoms with Crippen LogP contribution < -0.4 is 5.32 Å². The van der Waals surface area contributed by atoms with Gasteiger partial charge in [0.1, 0.15) is 0 Å². The molecule has 0 saturated carbocycles. The molecule has 0 fully saturated rings. The van der Waals surface area contributed by atoms with Crippen LogP contribution in [-0.2, 0) is 10.4 Å². The summed E-state index contributed by atoms with van der Waals surface area (Å²) in [6.45, 7) is 5.95. The van der Waals surface area contributed by atoms with Gasteiger partial charge in [0.25, 0.3) is 5.91 Å². The van der Waals surface area contributed by atoms with Gasteiger partial charge in [0.2, 0.25) is 0 Å². The van der Waals surface area contributed by atoms with Crippen molar-refractivity contribution in [3.63, 3.8) is 0 Å².